The first-order chi connectivity index (χ1) is 13.7. The van der Waals surface area contributed by atoms with Crippen molar-refractivity contribution in [2.24, 2.45) is 5.10 Å². The van der Waals surface area contributed by atoms with Crippen molar-refractivity contribution in [3.05, 3.63) is 64.6 Å². The summed E-state index contributed by atoms with van der Waals surface area (Å²) in [4.78, 5) is 8.64. The number of benzene rings is 1. The third kappa shape index (κ3) is 2.67. The fourth-order valence-corrected chi connectivity index (χ4v) is 4.29. The van der Waals surface area contributed by atoms with Gasteiger partial charge in [0.05, 0.1) is 0 Å². The van der Waals surface area contributed by atoms with E-state index in [1.807, 2.05) is 6.07 Å². The van der Waals surface area contributed by atoms with Gasteiger partial charge in [-0.05, 0) is 60.9 Å². The number of hydrogen-bond acceptors (Lipinski definition) is 5. The van der Waals surface area contributed by atoms with Crippen LogP contribution in [0.25, 0.3) is 10.9 Å². The first kappa shape index (κ1) is 16.1. The van der Waals surface area contributed by atoms with E-state index in [9.17, 15) is 0 Å². The SMILES string of the molecule is CC1(c2[nH]c3cc(C4CC4)ccc3c2Cc2cccc(C3=NNNN3)n2)CC1. The van der Waals surface area contributed by atoms with Crippen LogP contribution in [-0.2, 0) is 11.8 Å². The van der Waals surface area contributed by atoms with Crippen molar-refractivity contribution in [1.82, 2.24) is 26.5 Å². The number of nitrogens with zero attached hydrogens (tertiary/aromatic N) is 2. The molecule has 3 aliphatic rings. The lowest BCUT2D eigenvalue weighted by molar-refractivity contribution is 0.577. The molecule has 0 amide bonds. The van der Waals surface area contributed by atoms with Gasteiger partial charge in [0, 0.05) is 34.1 Å². The molecule has 2 fully saturated rings. The number of H-pyrrole nitrogens is 1. The molecule has 28 heavy (non-hydrogen) atoms. The summed E-state index contributed by atoms with van der Waals surface area (Å²) in [5.74, 6) is 1.49. The molecule has 3 aromatic rings. The van der Waals surface area contributed by atoms with Crippen molar-refractivity contribution >= 4 is 16.7 Å². The molecule has 2 aliphatic carbocycles. The topological polar surface area (TPSA) is 77.1 Å². The van der Waals surface area contributed by atoms with Gasteiger partial charge in [-0.1, -0.05) is 25.1 Å². The Morgan fingerprint density at radius 1 is 1.14 bits per heavy atom. The monoisotopic (exact) mass is 372 g/mol. The fraction of sp³-hybridized carbons (Fsp3) is 0.364. The van der Waals surface area contributed by atoms with Gasteiger partial charge in [-0.3, -0.25) is 5.43 Å². The lowest BCUT2D eigenvalue weighted by Crippen LogP contribution is -2.35. The first-order valence-corrected chi connectivity index (χ1v) is 10.1. The standard InChI is InChI=1S/C22H24N6/c1-22(9-10-22)20-17(16-8-7-14(13-5-6-13)11-19(16)24-20)12-15-3-2-4-18(23-15)21-25-27-28-26-21/h2-4,7-8,11,13,24,27-28H,5-6,9-10,12H2,1H3,(H,25,26). The number of nitrogens with one attached hydrogen (secondary N) is 4. The second kappa shape index (κ2) is 5.82. The maximum absolute atomic E-state index is 4.85. The number of pyridine rings is 1. The van der Waals surface area contributed by atoms with E-state index in [1.54, 1.807) is 0 Å². The normalized spacial score (nSPS) is 20.0. The van der Waals surface area contributed by atoms with Crippen LogP contribution in [0.15, 0.2) is 41.5 Å². The van der Waals surface area contributed by atoms with Crippen LogP contribution in [0.3, 0.4) is 0 Å². The first-order valence-electron chi connectivity index (χ1n) is 10.1. The second-order valence-electron chi connectivity index (χ2n) is 8.63. The molecule has 0 bridgehead atoms. The average molecular weight is 372 g/mol. The van der Waals surface area contributed by atoms with Crippen LogP contribution in [0.4, 0.5) is 0 Å². The number of rotatable bonds is 5. The Bertz CT molecular complexity index is 1100. The Balaban J connectivity index is 1.42. The van der Waals surface area contributed by atoms with Gasteiger partial charge >= 0.3 is 0 Å². The molecule has 2 aromatic heterocycles. The van der Waals surface area contributed by atoms with Gasteiger partial charge < -0.3 is 4.98 Å². The van der Waals surface area contributed by atoms with Gasteiger partial charge in [-0.2, -0.15) is 0 Å². The third-order valence-corrected chi connectivity index (χ3v) is 6.39. The predicted octanol–water partition coefficient (Wildman–Crippen LogP) is 3.36. The number of hydrazine groups is 2. The number of hydrazone groups is 1. The molecular formula is C22H24N6. The highest BCUT2D eigenvalue weighted by Gasteiger charge is 2.42. The summed E-state index contributed by atoms with van der Waals surface area (Å²) < 4.78 is 0. The van der Waals surface area contributed by atoms with Crippen molar-refractivity contribution < 1.29 is 0 Å². The summed E-state index contributed by atoms with van der Waals surface area (Å²) in [5, 5.41) is 5.52. The molecule has 0 unspecified atom stereocenters. The van der Waals surface area contributed by atoms with Crippen molar-refractivity contribution in [2.45, 2.75) is 50.4 Å². The summed E-state index contributed by atoms with van der Waals surface area (Å²) >= 11 is 0. The Labute approximate surface area is 163 Å². The maximum atomic E-state index is 4.85. The minimum absolute atomic E-state index is 0.288. The molecule has 3 heterocycles. The van der Waals surface area contributed by atoms with E-state index in [1.165, 1.54) is 53.4 Å². The average Bonchev–Trinajstić information content (AvgIpc) is 3.60. The molecule has 0 radical (unpaired) electrons. The number of aromatic nitrogens is 2. The smallest absolute Gasteiger partial charge is 0.189 e. The molecule has 6 heteroatoms. The van der Waals surface area contributed by atoms with Crippen molar-refractivity contribution in [1.29, 1.82) is 0 Å². The largest absolute Gasteiger partial charge is 0.358 e. The van der Waals surface area contributed by atoms with Crippen molar-refractivity contribution in [3.8, 4) is 0 Å². The lowest BCUT2D eigenvalue weighted by Gasteiger charge is -2.11. The fourth-order valence-electron chi connectivity index (χ4n) is 4.29. The van der Waals surface area contributed by atoms with Crippen LogP contribution in [0.5, 0.6) is 0 Å². The molecule has 1 aromatic carbocycles. The third-order valence-electron chi connectivity index (χ3n) is 6.39. The molecule has 0 saturated heterocycles. The molecule has 6 rings (SSSR count). The van der Waals surface area contributed by atoms with Gasteiger partial charge in [0.2, 0.25) is 0 Å². The number of hydrogen-bond donors (Lipinski definition) is 4. The van der Waals surface area contributed by atoms with Gasteiger partial charge in [0.15, 0.2) is 5.84 Å². The second-order valence-corrected chi connectivity index (χ2v) is 8.63. The molecule has 4 N–H and O–H groups in total. The van der Waals surface area contributed by atoms with Crippen LogP contribution >= 0.6 is 0 Å². The quantitative estimate of drug-likeness (QED) is 0.554. The van der Waals surface area contributed by atoms with Gasteiger partial charge in [0.1, 0.15) is 5.69 Å². The van der Waals surface area contributed by atoms with E-state index in [0.717, 1.165) is 23.7 Å². The van der Waals surface area contributed by atoms with Crippen LogP contribution in [-0.4, -0.2) is 15.8 Å². The molecule has 6 nitrogen and oxygen atoms in total. The highest BCUT2D eigenvalue weighted by atomic mass is 15.8. The molecular weight excluding hydrogens is 348 g/mol. The number of fused-ring (bicyclic) bond motifs is 1. The van der Waals surface area contributed by atoms with E-state index in [-0.39, 0.29) is 5.41 Å². The van der Waals surface area contributed by atoms with Crippen molar-refractivity contribution in [3.63, 3.8) is 0 Å². The number of amidine groups is 1. The Hall–Kier alpha value is -2.86. The highest BCUT2D eigenvalue weighted by molar-refractivity contribution is 5.97. The highest BCUT2D eigenvalue weighted by Crippen LogP contribution is 2.50. The van der Waals surface area contributed by atoms with Crippen LogP contribution in [0.1, 0.15) is 66.7 Å². The zero-order chi connectivity index (χ0) is 18.7. The Morgan fingerprint density at radius 2 is 2.04 bits per heavy atom. The van der Waals surface area contributed by atoms with Gasteiger partial charge in [-0.15, -0.1) is 10.6 Å². The molecule has 0 atom stereocenters. The van der Waals surface area contributed by atoms with Gasteiger partial charge in [-0.25, -0.2) is 10.5 Å². The van der Waals surface area contributed by atoms with E-state index in [4.69, 9.17) is 4.98 Å². The molecule has 142 valence electrons. The summed E-state index contributed by atoms with van der Waals surface area (Å²) in [6, 6.07) is 13.2. The molecule has 2 saturated carbocycles. The lowest BCUT2D eigenvalue weighted by atomic mass is 9.95. The van der Waals surface area contributed by atoms with Crippen molar-refractivity contribution in [2.75, 3.05) is 0 Å². The summed E-state index contributed by atoms with van der Waals surface area (Å²) in [7, 11) is 0. The Kier molecular flexibility index (Phi) is 3.35. The van der Waals surface area contributed by atoms with E-state index in [0.29, 0.717) is 5.84 Å². The summed E-state index contributed by atoms with van der Waals surface area (Å²) in [6.45, 7) is 2.38. The van der Waals surface area contributed by atoms with E-state index < -0.39 is 0 Å². The van der Waals surface area contributed by atoms with Gasteiger partial charge in [0.25, 0.3) is 0 Å². The van der Waals surface area contributed by atoms with Crippen LogP contribution in [0.2, 0.25) is 0 Å². The minimum Gasteiger partial charge on any atom is -0.358 e. The maximum Gasteiger partial charge on any atom is 0.189 e. The number of aromatic amines is 1. The minimum atomic E-state index is 0.288. The zero-order valence-electron chi connectivity index (χ0n) is 16.0. The predicted molar refractivity (Wildman–Crippen MR) is 110 cm³/mol. The van der Waals surface area contributed by atoms with E-state index >= 15 is 0 Å². The zero-order valence-corrected chi connectivity index (χ0v) is 16.0. The van der Waals surface area contributed by atoms with Crippen LogP contribution < -0.4 is 16.5 Å². The molecule has 0 spiro atoms. The summed E-state index contributed by atoms with van der Waals surface area (Å²) in [5.41, 5.74) is 16.2. The van der Waals surface area contributed by atoms with Crippen LogP contribution in [0, 0.1) is 0 Å². The molecule has 1 aliphatic heterocycles. The summed E-state index contributed by atoms with van der Waals surface area (Å²) in [6.07, 6.45) is 6.02. The Morgan fingerprint density at radius 3 is 2.79 bits per heavy atom. The van der Waals surface area contributed by atoms with E-state index in [2.05, 4.69) is 63.8 Å².